The van der Waals surface area contributed by atoms with E-state index in [9.17, 15) is 9.59 Å². The average molecular weight is 403 g/mol. The van der Waals surface area contributed by atoms with E-state index >= 15 is 0 Å². The van der Waals surface area contributed by atoms with Gasteiger partial charge in [-0.15, -0.1) is 0 Å². The highest BCUT2D eigenvalue weighted by molar-refractivity contribution is 6.00. The molecule has 0 bridgehead atoms. The molecular formula is C24H25N3O3. The molecule has 0 fully saturated rings. The van der Waals surface area contributed by atoms with E-state index in [1.54, 1.807) is 36.4 Å². The highest BCUT2D eigenvalue weighted by atomic mass is 16.5. The summed E-state index contributed by atoms with van der Waals surface area (Å²) in [7, 11) is 0. The van der Waals surface area contributed by atoms with Crippen LogP contribution in [-0.4, -0.2) is 18.5 Å². The van der Waals surface area contributed by atoms with E-state index in [1.165, 1.54) is 0 Å². The van der Waals surface area contributed by atoms with Crippen LogP contribution < -0.4 is 20.7 Å². The second-order valence-corrected chi connectivity index (χ2v) is 7.05. The van der Waals surface area contributed by atoms with Gasteiger partial charge < -0.3 is 20.7 Å². The Bertz CT molecular complexity index is 986. The minimum Gasteiger partial charge on any atom is -0.483 e. The van der Waals surface area contributed by atoms with Crippen molar-refractivity contribution in [2.45, 2.75) is 19.8 Å². The van der Waals surface area contributed by atoms with Crippen molar-refractivity contribution in [1.82, 2.24) is 0 Å². The van der Waals surface area contributed by atoms with E-state index in [0.717, 1.165) is 5.56 Å². The quantitative estimate of drug-likeness (QED) is 0.489. The van der Waals surface area contributed by atoms with Crippen molar-refractivity contribution < 1.29 is 14.3 Å². The zero-order valence-electron chi connectivity index (χ0n) is 17.0. The Hall–Kier alpha value is -3.80. The first-order valence-corrected chi connectivity index (χ1v) is 9.76. The fourth-order valence-corrected chi connectivity index (χ4v) is 2.88. The van der Waals surface area contributed by atoms with Crippen LogP contribution in [0.4, 0.5) is 21.9 Å². The predicted molar refractivity (Wildman–Crippen MR) is 120 cm³/mol. The van der Waals surface area contributed by atoms with Gasteiger partial charge in [0.15, 0.2) is 6.61 Å². The maximum atomic E-state index is 12.2. The standard InChI is InChI=1S/C24H25N3O3/c1-17(2)21-10-6-7-11-22(21)30-16-23(28)25-19-12-14-20(15-13-19)27-24(29)26-18-8-4-3-5-9-18/h3-15,17H,16H2,1-2H3,(H,25,28)(H2,26,27,29). The normalized spacial score (nSPS) is 10.4. The van der Waals surface area contributed by atoms with Gasteiger partial charge in [-0.1, -0.05) is 50.2 Å². The van der Waals surface area contributed by atoms with Crippen molar-refractivity contribution >= 4 is 29.0 Å². The fourth-order valence-electron chi connectivity index (χ4n) is 2.88. The first kappa shape index (κ1) is 20.9. The molecule has 0 heterocycles. The maximum Gasteiger partial charge on any atom is 0.323 e. The highest BCUT2D eigenvalue weighted by Crippen LogP contribution is 2.25. The summed E-state index contributed by atoms with van der Waals surface area (Å²) in [5, 5.41) is 8.28. The topological polar surface area (TPSA) is 79.5 Å². The van der Waals surface area contributed by atoms with Crippen LogP contribution in [0.15, 0.2) is 78.9 Å². The van der Waals surface area contributed by atoms with Gasteiger partial charge in [0.2, 0.25) is 0 Å². The Balaban J connectivity index is 1.49. The molecule has 30 heavy (non-hydrogen) atoms. The monoisotopic (exact) mass is 403 g/mol. The number of anilines is 3. The first-order chi connectivity index (χ1) is 14.5. The second-order valence-electron chi connectivity index (χ2n) is 7.05. The number of carbonyl (C=O) groups excluding carboxylic acids is 2. The molecule has 3 amide bonds. The molecule has 0 atom stereocenters. The van der Waals surface area contributed by atoms with Gasteiger partial charge in [-0.2, -0.15) is 0 Å². The van der Waals surface area contributed by atoms with Crippen molar-refractivity contribution in [1.29, 1.82) is 0 Å². The summed E-state index contributed by atoms with van der Waals surface area (Å²) in [6.07, 6.45) is 0. The smallest absolute Gasteiger partial charge is 0.323 e. The molecule has 0 aromatic heterocycles. The van der Waals surface area contributed by atoms with Crippen LogP contribution in [0.5, 0.6) is 5.75 Å². The number of urea groups is 1. The van der Waals surface area contributed by atoms with Crippen LogP contribution in [0.2, 0.25) is 0 Å². The number of amides is 3. The van der Waals surface area contributed by atoms with Crippen molar-refractivity contribution in [3.63, 3.8) is 0 Å². The third-order valence-electron chi connectivity index (χ3n) is 4.36. The molecule has 6 heteroatoms. The van der Waals surface area contributed by atoms with E-state index < -0.39 is 0 Å². The van der Waals surface area contributed by atoms with Gasteiger partial charge in [0.25, 0.3) is 5.91 Å². The van der Waals surface area contributed by atoms with Crippen LogP contribution in [0.3, 0.4) is 0 Å². The SMILES string of the molecule is CC(C)c1ccccc1OCC(=O)Nc1ccc(NC(=O)Nc2ccccc2)cc1. The number of carbonyl (C=O) groups is 2. The molecule has 0 radical (unpaired) electrons. The third-order valence-corrected chi connectivity index (χ3v) is 4.36. The van der Waals surface area contributed by atoms with Gasteiger partial charge >= 0.3 is 6.03 Å². The lowest BCUT2D eigenvalue weighted by molar-refractivity contribution is -0.118. The number of ether oxygens (including phenoxy) is 1. The lowest BCUT2D eigenvalue weighted by Crippen LogP contribution is -2.21. The van der Waals surface area contributed by atoms with Gasteiger partial charge in [-0.3, -0.25) is 4.79 Å². The number of para-hydroxylation sites is 2. The molecule has 3 N–H and O–H groups in total. The second kappa shape index (κ2) is 10.1. The molecule has 154 valence electrons. The molecule has 0 aliphatic carbocycles. The largest absolute Gasteiger partial charge is 0.483 e. The lowest BCUT2D eigenvalue weighted by Gasteiger charge is -2.14. The molecule has 0 unspecified atom stereocenters. The van der Waals surface area contributed by atoms with Crippen molar-refractivity contribution in [3.05, 3.63) is 84.4 Å². The predicted octanol–water partition coefficient (Wildman–Crippen LogP) is 5.47. The number of rotatable bonds is 7. The molecule has 0 spiro atoms. The van der Waals surface area contributed by atoms with E-state index in [-0.39, 0.29) is 18.5 Å². The summed E-state index contributed by atoms with van der Waals surface area (Å²) in [5.74, 6) is 0.770. The lowest BCUT2D eigenvalue weighted by atomic mass is 10.0. The average Bonchev–Trinajstić information content (AvgIpc) is 2.74. The summed E-state index contributed by atoms with van der Waals surface area (Å²) in [6.45, 7) is 4.08. The molecule has 0 aliphatic heterocycles. The maximum absolute atomic E-state index is 12.2. The Morgan fingerprint density at radius 2 is 1.27 bits per heavy atom. The summed E-state index contributed by atoms with van der Waals surface area (Å²) in [4.78, 5) is 24.2. The van der Waals surface area contributed by atoms with Crippen molar-refractivity contribution in [2.75, 3.05) is 22.6 Å². The number of benzene rings is 3. The Morgan fingerprint density at radius 1 is 0.733 bits per heavy atom. The fraction of sp³-hybridized carbons (Fsp3) is 0.167. The van der Waals surface area contributed by atoms with Crippen LogP contribution in [0.25, 0.3) is 0 Å². The van der Waals surface area contributed by atoms with Crippen molar-refractivity contribution in [3.8, 4) is 5.75 Å². The van der Waals surface area contributed by atoms with Gasteiger partial charge in [0.05, 0.1) is 0 Å². The number of hydrogen-bond acceptors (Lipinski definition) is 3. The Kier molecular flexibility index (Phi) is 7.05. The highest BCUT2D eigenvalue weighted by Gasteiger charge is 2.10. The van der Waals surface area contributed by atoms with E-state index in [0.29, 0.717) is 28.7 Å². The van der Waals surface area contributed by atoms with Gasteiger partial charge in [-0.25, -0.2) is 4.79 Å². The minimum absolute atomic E-state index is 0.0801. The van der Waals surface area contributed by atoms with Crippen LogP contribution in [-0.2, 0) is 4.79 Å². The number of hydrogen-bond donors (Lipinski definition) is 3. The van der Waals surface area contributed by atoms with Gasteiger partial charge in [-0.05, 0) is 53.9 Å². The zero-order chi connectivity index (χ0) is 21.3. The first-order valence-electron chi connectivity index (χ1n) is 9.76. The molecule has 0 saturated heterocycles. The van der Waals surface area contributed by atoms with Crippen LogP contribution in [0, 0.1) is 0 Å². The Labute approximate surface area is 176 Å². The molecule has 3 aromatic carbocycles. The van der Waals surface area contributed by atoms with Crippen molar-refractivity contribution in [2.24, 2.45) is 0 Å². The van der Waals surface area contributed by atoms with Crippen LogP contribution in [0.1, 0.15) is 25.3 Å². The van der Waals surface area contributed by atoms with Gasteiger partial charge in [0, 0.05) is 17.1 Å². The molecular weight excluding hydrogens is 378 g/mol. The summed E-state index contributed by atoms with van der Waals surface area (Å²) < 4.78 is 5.69. The molecule has 0 saturated carbocycles. The molecule has 6 nitrogen and oxygen atoms in total. The summed E-state index contributed by atoms with van der Waals surface area (Å²) in [6, 6.07) is 23.4. The van der Waals surface area contributed by atoms with E-state index in [4.69, 9.17) is 4.74 Å². The number of nitrogens with one attached hydrogen (secondary N) is 3. The summed E-state index contributed by atoms with van der Waals surface area (Å²) in [5.41, 5.74) is 3.01. The summed E-state index contributed by atoms with van der Waals surface area (Å²) >= 11 is 0. The van der Waals surface area contributed by atoms with Gasteiger partial charge in [0.1, 0.15) is 5.75 Å². The Morgan fingerprint density at radius 3 is 1.90 bits per heavy atom. The van der Waals surface area contributed by atoms with E-state index in [1.807, 2.05) is 42.5 Å². The third kappa shape index (κ3) is 6.10. The molecule has 0 aliphatic rings. The van der Waals surface area contributed by atoms with Crippen LogP contribution >= 0.6 is 0 Å². The zero-order valence-corrected chi connectivity index (χ0v) is 17.0. The molecule has 3 aromatic rings. The van der Waals surface area contributed by atoms with E-state index in [2.05, 4.69) is 29.8 Å². The molecule has 3 rings (SSSR count). The minimum atomic E-state index is -0.338.